The van der Waals surface area contributed by atoms with Crippen LogP contribution in [0.1, 0.15) is 17.5 Å². The van der Waals surface area contributed by atoms with Gasteiger partial charge in [-0.25, -0.2) is 4.99 Å². The molecule has 0 bridgehead atoms. The number of aliphatic imine (C=N–C) groups is 1. The van der Waals surface area contributed by atoms with Crippen molar-refractivity contribution in [2.75, 3.05) is 19.5 Å². The summed E-state index contributed by atoms with van der Waals surface area (Å²) in [7, 11) is 3.19. The van der Waals surface area contributed by atoms with Crippen LogP contribution in [-0.4, -0.2) is 41.3 Å². The molecule has 2 aromatic carbocycles. The lowest BCUT2D eigenvalue weighted by Crippen LogP contribution is -2.30. The third kappa shape index (κ3) is 4.74. The fourth-order valence-corrected chi connectivity index (χ4v) is 4.22. The minimum atomic E-state index is -0.533. The molecule has 6 nitrogen and oxygen atoms in total. The lowest BCUT2D eigenvalue weighted by molar-refractivity contribution is -0.127. The predicted octanol–water partition coefficient (Wildman–Crippen LogP) is 4.56. The summed E-state index contributed by atoms with van der Waals surface area (Å²) in [4.78, 5) is 31.1. The van der Waals surface area contributed by atoms with E-state index in [0.717, 1.165) is 16.8 Å². The molecule has 0 aromatic heterocycles. The average molecular weight is 432 g/mol. The molecule has 1 saturated heterocycles. The van der Waals surface area contributed by atoms with E-state index in [4.69, 9.17) is 16.3 Å². The maximum absolute atomic E-state index is 12.6. The molecule has 152 valence electrons. The van der Waals surface area contributed by atoms with Crippen LogP contribution in [0.3, 0.4) is 0 Å². The zero-order valence-electron chi connectivity index (χ0n) is 16.7. The van der Waals surface area contributed by atoms with Gasteiger partial charge >= 0.3 is 0 Å². The molecule has 1 N–H and O–H groups in total. The predicted molar refractivity (Wildman–Crippen MR) is 118 cm³/mol. The number of hydrogen-bond donors (Lipinski definition) is 1. The number of amides is 2. The standard InChI is InChI=1S/C21H22ClN3O3S/c1-12-6-5-7-15(13(12)2)23-19(26)11-18-20(27)25(3)21(29-18)24-16-10-14(22)8-9-17(16)28-4/h5-10,18H,11H2,1-4H3,(H,23,26). The first-order valence-corrected chi connectivity index (χ1v) is 10.3. The number of benzene rings is 2. The molecule has 0 saturated carbocycles. The van der Waals surface area contributed by atoms with E-state index in [1.165, 1.54) is 16.7 Å². The maximum atomic E-state index is 12.6. The van der Waals surface area contributed by atoms with Crippen molar-refractivity contribution in [1.29, 1.82) is 0 Å². The first-order chi connectivity index (χ1) is 13.8. The highest BCUT2D eigenvalue weighted by Gasteiger charge is 2.37. The number of halogens is 1. The third-order valence-corrected chi connectivity index (χ3v) is 6.21. The molecule has 1 unspecified atom stereocenters. The fraction of sp³-hybridized carbons (Fsp3) is 0.286. The number of methoxy groups -OCH3 is 1. The Labute approximate surface area is 179 Å². The van der Waals surface area contributed by atoms with Crippen molar-refractivity contribution in [3.05, 3.63) is 52.5 Å². The largest absolute Gasteiger partial charge is 0.494 e. The van der Waals surface area contributed by atoms with Gasteiger partial charge in [-0.15, -0.1) is 0 Å². The molecule has 8 heteroatoms. The Bertz CT molecular complexity index is 993. The molecule has 0 radical (unpaired) electrons. The summed E-state index contributed by atoms with van der Waals surface area (Å²) >= 11 is 7.32. The fourth-order valence-electron chi connectivity index (χ4n) is 2.91. The van der Waals surface area contributed by atoms with Gasteiger partial charge in [0.25, 0.3) is 0 Å². The number of amidine groups is 1. The number of carbonyl (C=O) groups is 2. The maximum Gasteiger partial charge on any atom is 0.242 e. The second-order valence-corrected chi connectivity index (χ2v) is 8.32. The minimum Gasteiger partial charge on any atom is -0.494 e. The Morgan fingerprint density at radius 3 is 2.79 bits per heavy atom. The van der Waals surface area contributed by atoms with E-state index in [1.54, 1.807) is 32.4 Å². The van der Waals surface area contributed by atoms with Gasteiger partial charge in [0, 0.05) is 24.2 Å². The van der Waals surface area contributed by atoms with Gasteiger partial charge in [0.05, 0.1) is 7.11 Å². The van der Waals surface area contributed by atoms with Crippen LogP contribution in [0.5, 0.6) is 5.75 Å². The van der Waals surface area contributed by atoms with Crippen molar-refractivity contribution in [2.45, 2.75) is 25.5 Å². The number of ether oxygens (including phenoxy) is 1. The van der Waals surface area contributed by atoms with Crippen LogP contribution in [0.25, 0.3) is 0 Å². The quantitative estimate of drug-likeness (QED) is 0.753. The van der Waals surface area contributed by atoms with Gasteiger partial charge < -0.3 is 10.1 Å². The van der Waals surface area contributed by atoms with Crippen molar-refractivity contribution in [3.8, 4) is 5.75 Å². The smallest absolute Gasteiger partial charge is 0.242 e. The van der Waals surface area contributed by atoms with Crippen LogP contribution in [-0.2, 0) is 9.59 Å². The summed E-state index contributed by atoms with van der Waals surface area (Å²) in [5.41, 5.74) is 3.40. The molecular formula is C21H22ClN3O3S. The second kappa shape index (κ2) is 8.88. The molecule has 3 rings (SSSR count). The number of carbonyl (C=O) groups excluding carboxylic acids is 2. The Morgan fingerprint density at radius 2 is 2.07 bits per heavy atom. The number of nitrogens with zero attached hydrogens (tertiary/aromatic N) is 2. The van der Waals surface area contributed by atoms with Crippen molar-refractivity contribution in [2.24, 2.45) is 4.99 Å². The Morgan fingerprint density at radius 1 is 1.31 bits per heavy atom. The van der Waals surface area contributed by atoms with Crippen LogP contribution < -0.4 is 10.1 Å². The van der Waals surface area contributed by atoms with E-state index in [2.05, 4.69) is 10.3 Å². The SMILES string of the molecule is COc1ccc(Cl)cc1N=C1SC(CC(=O)Nc2cccc(C)c2C)C(=O)N1C. The van der Waals surface area contributed by atoms with Gasteiger partial charge in [-0.05, 0) is 49.2 Å². The minimum absolute atomic E-state index is 0.0624. The highest BCUT2D eigenvalue weighted by atomic mass is 35.5. The summed E-state index contributed by atoms with van der Waals surface area (Å²) in [5.74, 6) is 0.185. The van der Waals surface area contributed by atoms with Gasteiger partial charge in [0.2, 0.25) is 11.8 Å². The Kier molecular flexibility index (Phi) is 6.49. The van der Waals surface area contributed by atoms with Gasteiger partial charge in [-0.2, -0.15) is 0 Å². The highest BCUT2D eigenvalue weighted by Crippen LogP contribution is 2.35. The Balaban J connectivity index is 1.74. The number of hydrogen-bond acceptors (Lipinski definition) is 5. The van der Waals surface area contributed by atoms with Crippen molar-refractivity contribution >= 4 is 51.7 Å². The zero-order chi connectivity index (χ0) is 21.1. The number of rotatable bonds is 5. The molecule has 1 heterocycles. The zero-order valence-corrected chi connectivity index (χ0v) is 18.2. The van der Waals surface area contributed by atoms with Crippen molar-refractivity contribution < 1.29 is 14.3 Å². The Hall–Kier alpha value is -2.51. The molecule has 1 atom stereocenters. The van der Waals surface area contributed by atoms with Crippen LogP contribution in [0.2, 0.25) is 5.02 Å². The summed E-state index contributed by atoms with van der Waals surface area (Å²) in [6, 6.07) is 10.8. The van der Waals surface area contributed by atoms with Crippen LogP contribution in [0.4, 0.5) is 11.4 Å². The first kappa shape index (κ1) is 21.2. The first-order valence-electron chi connectivity index (χ1n) is 9.02. The van der Waals surface area contributed by atoms with E-state index in [-0.39, 0.29) is 18.2 Å². The van der Waals surface area contributed by atoms with Crippen molar-refractivity contribution in [3.63, 3.8) is 0 Å². The van der Waals surface area contributed by atoms with Crippen LogP contribution in [0.15, 0.2) is 41.4 Å². The average Bonchev–Trinajstić information content (AvgIpc) is 2.93. The van der Waals surface area contributed by atoms with Gasteiger partial charge in [-0.3, -0.25) is 14.5 Å². The number of nitrogens with one attached hydrogen (secondary N) is 1. The lowest BCUT2D eigenvalue weighted by atomic mass is 10.1. The second-order valence-electron chi connectivity index (χ2n) is 6.71. The molecule has 29 heavy (non-hydrogen) atoms. The molecule has 0 aliphatic carbocycles. The van der Waals surface area contributed by atoms with E-state index >= 15 is 0 Å². The normalized spacial score (nSPS) is 17.7. The molecule has 1 aliphatic rings. The topological polar surface area (TPSA) is 71.0 Å². The van der Waals surface area contributed by atoms with Crippen LogP contribution >= 0.6 is 23.4 Å². The van der Waals surface area contributed by atoms with Gasteiger partial charge in [0.1, 0.15) is 16.7 Å². The summed E-state index contributed by atoms with van der Waals surface area (Å²) in [5, 5.41) is 3.39. The number of aryl methyl sites for hydroxylation is 1. The van der Waals surface area contributed by atoms with Gasteiger partial charge in [-0.1, -0.05) is 35.5 Å². The number of thioether (sulfide) groups is 1. The summed E-state index contributed by atoms with van der Waals surface area (Å²) < 4.78 is 5.31. The van der Waals surface area contributed by atoms with Crippen LogP contribution in [0, 0.1) is 13.8 Å². The highest BCUT2D eigenvalue weighted by molar-refractivity contribution is 8.15. The third-order valence-electron chi connectivity index (χ3n) is 4.75. The van der Waals surface area contributed by atoms with E-state index < -0.39 is 5.25 Å². The molecule has 2 amide bonds. The molecule has 1 aliphatic heterocycles. The van der Waals surface area contributed by atoms with E-state index in [9.17, 15) is 9.59 Å². The molecule has 0 spiro atoms. The number of anilines is 1. The van der Waals surface area contributed by atoms with Crippen molar-refractivity contribution in [1.82, 2.24) is 4.90 Å². The van der Waals surface area contributed by atoms with E-state index in [0.29, 0.717) is 21.6 Å². The summed E-state index contributed by atoms with van der Waals surface area (Å²) in [6.45, 7) is 3.94. The van der Waals surface area contributed by atoms with Gasteiger partial charge in [0.15, 0.2) is 5.17 Å². The monoisotopic (exact) mass is 431 g/mol. The summed E-state index contributed by atoms with van der Waals surface area (Å²) in [6.07, 6.45) is 0.0624. The van der Waals surface area contributed by atoms with E-state index in [1.807, 2.05) is 32.0 Å². The molecular weight excluding hydrogens is 410 g/mol. The lowest BCUT2D eigenvalue weighted by Gasteiger charge is -2.12. The molecule has 1 fully saturated rings. The molecule has 2 aromatic rings.